The molecule has 1 heterocycles. The summed E-state index contributed by atoms with van der Waals surface area (Å²) in [6.45, 7) is 18.2. The second kappa shape index (κ2) is 12.6. The van der Waals surface area contributed by atoms with Crippen LogP contribution in [-0.4, -0.2) is 32.6 Å². The first kappa shape index (κ1) is 32.2. The number of hydrogen-bond donors (Lipinski definition) is 2. The molecule has 2 rings (SSSR count). The van der Waals surface area contributed by atoms with Gasteiger partial charge in [0.15, 0.2) is 5.78 Å². The molecule has 0 amide bonds. The molecule has 1 aromatic heterocycles. The van der Waals surface area contributed by atoms with Crippen molar-refractivity contribution >= 4 is 35.9 Å². The van der Waals surface area contributed by atoms with Crippen LogP contribution in [0.1, 0.15) is 91.8 Å². The minimum Gasteiger partial charge on any atom is -0.507 e. The molecule has 0 aliphatic carbocycles. The molecule has 1 aromatic carbocycles. The molecule has 0 spiro atoms. The Hall–Kier alpha value is -2.80. The van der Waals surface area contributed by atoms with Crippen molar-refractivity contribution in [2.75, 3.05) is 6.61 Å². The Morgan fingerprint density at radius 3 is 1.95 bits per heavy atom. The van der Waals surface area contributed by atoms with Gasteiger partial charge in [-0.3, -0.25) is 14.8 Å². The molecular formula is C29H44ClN3O4. The molecule has 0 atom stereocenters. The van der Waals surface area contributed by atoms with Gasteiger partial charge in [-0.2, -0.15) is 0 Å². The van der Waals surface area contributed by atoms with Gasteiger partial charge in [0.25, 0.3) is 0 Å². The predicted molar refractivity (Wildman–Crippen MR) is 151 cm³/mol. The normalized spacial score (nSPS) is 12.4. The van der Waals surface area contributed by atoms with E-state index in [2.05, 4.69) is 0 Å². The zero-order valence-electron chi connectivity index (χ0n) is 23.8. The zero-order chi connectivity index (χ0) is 27.4. The number of carbonyl (C=O) groups excluding carboxylic acids is 2. The highest BCUT2D eigenvalue weighted by Crippen LogP contribution is 2.40. The first-order valence-corrected chi connectivity index (χ1v) is 12.8. The van der Waals surface area contributed by atoms with Crippen molar-refractivity contribution in [1.29, 1.82) is 5.41 Å². The molecule has 0 saturated carbocycles. The maximum atomic E-state index is 13.0. The lowest BCUT2D eigenvalue weighted by atomic mass is 9.78. The molecule has 2 N–H and O–H groups in total. The summed E-state index contributed by atoms with van der Waals surface area (Å²) in [5, 5.41) is 19.8. The predicted octanol–water partition coefficient (Wildman–Crippen LogP) is 6.06. The van der Waals surface area contributed by atoms with Crippen LogP contribution in [-0.2, 0) is 31.7 Å². The number of ketones is 1. The number of aromatic hydroxyl groups is 1. The SMILES string of the molecule is CCOC(=O)/C(=C\c1cc(C(C)(C)C)c(O)c(C(C)(C)C)c1)n1ccn(CC(=O)C(CC)CC)c1=N.Cl. The van der Waals surface area contributed by atoms with Crippen molar-refractivity contribution in [2.24, 2.45) is 5.92 Å². The number of esters is 1. The minimum absolute atomic E-state index is 0. The number of phenolic OH excluding ortho intramolecular Hbond substituents is 1. The first-order valence-electron chi connectivity index (χ1n) is 12.8. The van der Waals surface area contributed by atoms with E-state index in [1.807, 2.05) is 67.5 Å². The molecule has 0 unspecified atom stereocenters. The number of nitrogens with zero attached hydrogens (tertiary/aromatic N) is 2. The van der Waals surface area contributed by atoms with E-state index in [0.717, 1.165) is 29.5 Å². The molecule has 0 fully saturated rings. The average molecular weight is 534 g/mol. The van der Waals surface area contributed by atoms with Gasteiger partial charge in [0.1, 0.15) is 11.4 Å². The number of rotatable bonds is 9. The summed E-state index contributed by atoms with van der Waals surface area (Å²) in [5.74, 6) is -0.294. The molecular weight excluding hydrogens is 490 g/mol. The van der Waals surface area contributed by atoms with Crippen molar-refractivity contribution in [3.05, 3.63) is 46.8 Å². The van der Waals surface area contributed by atoms with Gasteiger partial charge in [-0.15, -0.1) is 12.4 Å². The number of hydrogen-bond acceptors (Lipinski definition) is 5. The Kier molecular flexibility index (Phi) is 11.0. The summed E-state index contributed by atoms with van der Waals surface area (Å²) in [6.07, 6.45) is 6.46. The summed E-state index contributed by atoms with van der Waals surface area (Å²) in [7, 11) is 0. The lowest BCUT2D eigenvalue weighted by Gasteiger charge is -2.28. The highest BCUT2D eigenvalue weighted by atomic mass is 35.5. The minimum atomic E-state index is -0.567. The third kappa shape index (κ3) is 7.60. The number of ether oxygens (including phenoxy) is 1. The van der Waals surface area contributed by atoms with Crippen molar-refractivity contribution in [1.82, 2.24) is 9.13 Å². The van der Waals surface area contributed by atoms with E-state index in [1.165, 1.54) is 4.57 Å². The fraction of sp³-hybridized carbons (Fsp3) is 0.552. The highest BCUT2D eigenvalue weighted by Gasteiger charge is 2.27. The van der Waals surface area contributed by atoms with Crippen LogP contribution in [0, 0.1) is 11.3 Å². The van der Waals surface area contributed by atoms with Crippen LogP contribution in [0.4, 0.5) is 0 Å². The van der Waals surface area contributed by atoms with E-state index in [9.17, 15) is 14.7 Å². The lowest BCUT2D eigenvalue weighted by molar-refractivity contribution is -0.136. The van der Waals surface area contributed by atoms with Crippen LogP contribution in [0.2, 0.25) is 0 Å². The van der Waals surface area contributed by atoms with Crippen LogP contribution < -0.4 is 5.62 Å². The fourth-order valence-corrected chi connectivity index (χ4v) is 4.26. The van der Waals surface area contributed by atoms with Crippen molar-refractivity contribution in [3.8, 4) is 5.75 Å². The third-order valence-corrected chi connectivity index (χ3v) is 6.46. The fourth-order valence-electron chi connectivity index (χ4n) is 4.26. The van der Waals surface area contributed by atoms with Crippen LogP contribution >= 0.6 is 12.4 Å². The smallest absolute Gasteiger partial charge is 0.355 e. The van der Waals surface area contributed by atoms with E-state index in [4.69, 9.17) is 10.1 Å². The van der Waals surface area contributed by atoms with E-state index in [1.54, 1.807) is 30.0 Å². The molecule has 37 heavy (non-hydrogen) atoms. The maximum Gasteiger partial charge on any atom is 0.355 e. The highest BCUT2D eigenvalue weighted by molar-refractivity contribution is 6.15. The number of carbonyl (C=O) groups is 2. The summed E-state index contributed by atoms with van der Waals surface area (Å²) in [6, 6.07) is 3.75. The number of halogens is 1. The van der Waals surface area contributed by atoms with Crippen LogP contribution in [0.5, 0.6) is 5.75 Å². The molecule has 0 aliphatic rings. The number of nitrogens with one attached hydrogen (secondary N) is 1. The maximum absolute atomic E-state index is 13.0. The van der Waals surface area contributed by atoms with Crippen molar-refractivity contribution in [3.63, 3.8) is 0 Å². The Morgan fingerprint density at radius 2 is 1.51 bits per heavy atom. The molecule has 206 valence electrons. The molecule has 2 aromatic rings. The number of benzene rings is 1. The summed E-state index contributed by atoms with van der Waals surface area (Å²) in [5.41, 5.74) is 1.79. The summed E-state index contributed by atoms with van der Waals surface area (Å²) >= 11 is 0. The Morgan fingerprint density at radius 1 is 1.00 bits per heavy atom. The van der Waals surface area contributed by atoms with Gasteiger partial charge in [0, 0.05) is 29.4 Å². The van der Waals surface area contributed by atoms with E-state index < -0.39 is 5.97 Å². The van der Waals surface area contributed by atoms with Crippen molar-refractivity contribution < 1.29 is 19.4 Å². The van der Waals surface area contributed by atoms with E-state index >= 15 is 0 Å². The second-order valence-corrected chi connectivity index (χ2v) is 11.3. The van der Waals surface area contributed by atoms with Gasteiger partial charge >= 0.3 is 5.97 Å². The number of phenols is 1. The number of Topliss-reactive ketones (excluding diaryl/α,β-unsaturated/α-hetero) is 1. The van der Waals surface area contributed by atoms with Crippen LogP contribution in [0.25, 0.3) is 11.8 Å². The van der Waals surface area contributed by atoms with Crippen molar-refractivity contribution in [2.45, 2.75) is 92.5 Å². The molecule has 0 aliphatic heterocycles. The van der Waals surface area contributed by atoms with Gasteiger partial charge in [-0.1, -0.05) is 55.4 Å². The summed E-state index contributed by atoms with van der Waals surface area (Å²) < 4.78 is 8.32. The standard InChI is InChI=1S/C29H43N3O4.ClH/c1-10-20(11-2)24(33)18-31-13-14-32(27(31)30)23(26(35)36-12-3)17-19-15-21(28(4,5)6)25(34)22(16-19)29(7,8)9;/h13-17,20,30,34H,10-12,18H2,1-9H3;1H/b23-17+,30-27?;. The van der Waals surface area contributed by atoms with E-state index in [0.29, 0.717) is 0 Å². The Labute approximate surface area is 227 Å². The monoisotopic (exact) mass is 533 g/mol. The molecule has 8 heteroatoms. The van der Waals surface area contributed by atoms with E-state index in [-0.39, 0.29) is 65.2 Å². The van der Waals surface area contributed by atoms with Gasteiger partial charge in [0.2, 0.25) is 5.62 Å². The molecule has 7 nitrogen and oxygen atoms in total. The molecule has 0 radical (unpaired) electrons. The van der Waals surface area contributed by atoms with Crippen LogP contribution in [0.15, 0.2) is 24.5 Å². The average Bonchev–Trinajstić information content (AvgIpc) is 3.12. The van der Waals surface area contributed by atoms with Gasteiger partial charge < -0.3 is 14.4 Å². The quantitative estimate of drug-likeness (QED) is 0.302. The topological polar surface area (TPSA) is 97.3 Å². The lowest BCUT2D eigenvalue weighted by Crippen LogP contribution is -2.30. The van der Waals surface area contributed by atoms with Gasteiger partial charge in [-0.05, 0) is 54.4 Å². The Balaban J connectivity index is 0.00000684. The number of aromatic nitrogens is 2. The largest absolute Gasteiger partial charge is 0.507 e. The van der Waals surface area contributed by atoms with Crippen LogP contribution in [0.3, 0.4) is 0 Å². The molecule has 0 bridgehead atoms. The third-order valence-electron chi connectivity index (χ3n) is 6.46. The zero-order valence-corrected chi connectivity index (χ0v) is 24.6. The van der Waals surface area contributed by atoms with Gasteiger partial charge in [-0.25, -0.2) is 4.79 Å². The second-order valence-electron chi connectivity index (χ2n) is 11.3. The van der Waals surface area contributed by atoms with Gasteiger partial charge in [0.05, 0.1) is 13.2 Å². The Bertz CT molecular complexity index is 1150. The first-order chi connectivity index (χ1) is 16.6. The number of imidazole rings is 1. The summed E-state index contributed by atoms with van der Waals surface area (Å²) in [4.78, 5) is 25.7. The molecule has 0 saturated heterocycles.